The first kappa shape index (κ1) is 25.8. The molecule has 186 valence electrons. The van der Waals surface area contributed by atoms with Crippen molar-refractivity contribution in [2.24, 2.45) is 5.92 Å². The van der Waals surface area contributed by atoms with Gasteiger partial charge >= 0.3 is 18.3 Å². The number of carboxylic acid groups (broad SMARTS) is 1. The average molecular weight is 493 g/mol. The summed E-state index contributed by atoms with van der Waals surface area (Å²) in [5, 5.41) is 9.01. The number of hydrogen-bond donors (Lipinski definition) is 1. The van der Waals surface area contributed by atoms with Crippen LogP contribution in [-0.2, 0) is 30.1 Å². The molecule has 1 aliphatic rings. The van der Waals surface area contributed by atoms with Gasteiger partial charge in [-0.2, -0.15) is 26.3 Å². The van der Waals surface area contributed by atoms with Gasteiger partial charge < -0.3 is 9.84 Å². The zero-order chi connectivity index (χ0) is 25.3. The Morgan fingerprint density at radius 1 is 1.09 bits per heavy atom. The molecule has 4 nitrogen and oxygen atoms in total. The summed E-state index contributed by atoms with van der Waals surface area (Å²) in [5.74, 6) is -1.28. The van der Waals surface area contributed by atoms with Gasteiger partial charge in [0.25, 0.3) is 0 Å². The van der Waals surface area contributed by atoms with Crippen LogP contribution in [0.3, 0.4) is 0 Å². The summed E-state index contributed by atoms with van der Waals surface area (Å²) in [4.78, 5) is 12.3. The standard InChI is InChI=1S/C23H22F7NO3/c1-14(20(32)33)7-15-3-2-4-18(8-15)34-13-21(24)11-31(12-21)10-16-9-17(22(25,26)27)5-6-19(16)23(28,29)30/h2-6,8-9,14H,7,10-13H2,1H3,(H,32,33). The van der Waals surface area contributed by atoms with Crippen molar-refractivity contribution in [2.45, 2.75) is 37.9 Å². The number of ether oxygens (including phenoxy) is 1. The predicted molar refractivity (Wildman–Crippen MR) is 108 cm³/mol. The van der Waals surface area contributed by atoms with Crippen LogP contribution >= 0.6 is 0 Å². The highest BCUT2D eigenvalue weighted by atomic mass is 19.4. The van der Waals surface area contributed by atoms with E-state index >= 15 is 0 Å². The number of likely N-dealkylation sites (tertiary alicyclic amines) is 1. The van der Waals surface area contributed by atoms with Crippen LogP contribution in [0.25, 0.3) is 0 Å². The van der Waals surface area contributed by atoms with Crippen LogP contribution in [-0.4, -0.2) is 41.3 Å². The van der Waals surface area contributed by atoms with E-state index in [4.69, 9.17) is 9.84 Å². The number of halogens is 7. The Labute approximate surface area is 190 Å². The van der Waals surface area contributed by atoms with Crippen molar-refractivity contribution >= 4 is 5.97 Å². The lowest BCUT2D eigenvalue weighted by Crippen LogP contribution is -2.61. The Bertz CT molecular complexity index is 1030. The molecular weight excluding hydrogens is 471 g/mol. The third-order valence-electron chi connectivity index (χ3n) is 5.51. The molecule has 0 spiro atoms. The van der Waals surface area contributed by atoms with E-state index in [0.29, 0.717) is 29.5 Å². The Morgan fingerprint density at radius 2 is 1.76 bits per heavy atom. The van der Waals surface area contributed by atoms with E-state index in [1.54, 1.807) is 31.2 Å². The molecule has 0 radical (unpaired) electrons. The summed E-state index contributed by atoms with van der Waals surface area (Å²) >= 11 is 0. The van der Waals surface area contributed by atoms with E-state index in [9.17, 15) is 35.5 Å². The highest BCUT2D eigenvalue weighted by molar-refractivity contribution is 5.69. The maximum Gasteiger partial charge on any atom is 0.416 e. The van der Waals surface area contributed by atoms with Gasteiger partial charge in [-0.1, -0.05) is 19.1 Å². The second-order valence-electron chi connectivity index (χ2n) is 8.54. The molecule has 1 fully saturated rings. The van der Waals surface area contributed by atoms with Crippen LogP contribution in [0.15, 0.2) is 42.5 Å². The molecular formula is C23H22F7NO3. The van der Waals surface area contributed by atoms with Crippen LogP contribution in [0.4, 0.5) is 30.7 Å². The van der Waals surface area contributed by atoms with Gasteiger partial charge in [0.15, 0.2) is 5.67 Å². The van der Waals surface area contributed by atoms with Crippen molar-refractivity contribution in [1.82, 2.24) is 4.90 Å². The molecule has 0 aromatic heterocycles. The Kier molecular flexibility index (Phi) is 7.16. The van der Waals surface area contributed by atoms with Crippen LogP contribution in [0, 0.1) is 5.92 Å². The monoisotopic (exact) mass is 493 g/mol. The van der Waals surface area contributed by atoms with Gasteiger partial charge in [0.05, 0.1) is 17.0 Å². The molecule has 1 unspecified atom stereocenters. The lowest BCUT2D eigenvalue weighted by molar-refractivity contribution is -0.142. The Balaban J connectivity index is 1.61. The lowest BCUT2D eigenvalue weighted by Gasteiger charge is -2.44. The summed E-state index contributed by atoms with van der Waals surface area (Å²) < 4.78 is 98.9. The summed E-state index contributed by atoms with van der Waals surface area (Å²) in [6.45, 7) is 0.0275. The first-order valence-electron chi connectivity index (χ1n) is 10.3. The molecule has 1 N–H and O–H groups in total. The first-order valence-corrected chi connectivity index (χ1v) is 10.3. The molecule has 0 bridgehead atoms. The molecule has 0 saturated carbocycles. The normalized spacial score (nSPS) is 17.2. The van der Waals surface area contributed by atoms with Gasteiger partial charge in [0.1, 0.15) is 12.4 Å². The Hall–Kier alpha value is -2.82. The molecule has 1 saturated heterocycles. The fraction of sp³-hybridized carbons (Fsp3) is 0.435. The van der Waals surface area contributed by atoms with Gasteiger partial charge in [0, 0.05) is 19.6 Å². The van der Waals surface area contributed by atoms with E-state index in [0.717, 1.165) is 0 Å². The number of hydrogen-bond acceptors (Lipinski definition) is 3. The predicted octanol–water partition coefficient (Wildman–Crippen LogP) is 5.59. The third-order valence-corrected chi connectivity index (χ3v) is 5.51. The summed E-state index contributed by atoms with van der Waals surface area (Å²) in [7, 11) is 0. The molecule has 3 rings (SSSR count). The second-order valence-corrected chi connectivity index (χ2v) is 8.54. The van der Waals surface area contributed by atoms with E-state index < -0.39 is 59.8 Å². The quantitative estimate of drug-likeness (QED) is 0.487. The van der Waals surface area contributed by atoms with E-state index in [1.807, 2.05) is 0 Å². The highest BCUT2D eigenvalue weighted by Crippen LogP contribution is 2.38. The fourth-order valence-electron chi connectivity index (χ4n) is 3.79. The minimum atomic E-state index is -4.84. The van der Waals surface area contributed by atoms with Crippen molar-refractivity contribution in [3.63, 3.8) is 0 Å². The van der Waals surface area contributed by atoms with Crippen molar-refractivity contribution < 1.29 is 45.4 Å². The van der Waals surface area contributed by atoms with Gasteiger partial charge in [-0.15, -0.1) is 0 Å². The molecule has 2 aromatic carbocycles. The van der Waals surface area contributed by atoms with Crippen LogP contribution in [0.2, 0.25) is 0 Å². The van der Waals surface area contributed by atoms with Gasteiger partial charge in [-0.3, -0.25) is 9.69 Å². The van der Waals surface area contributed by atoms with Crippen molar-refractivity contribution in [2.75, 3.05) is 19.7 Å². The zero-order valence-corrected chi connectivity index (χ0v) is 18.0. The minimum Gasteiger partial charge on any atom is -0.490 e. The number of rotatable bonds is 8. The third kappa shape index (κ3) is 6.40. The fourth-order valence-corrected chi connectivity index (χ4v) is 3.79. The first-order chi connectivity index (χ1) is 15.7. The Morgan fingerprint density at radius 3 is 2.35 bits per heavy atom. The molecule has 0 aliphatic carbocycles. The maximum absolute atomic E-state index is 14.9. The minimum absolute atomic E-state index is 0.250. The summed E-state index contributed by atoms with van der Waals surface area (Å²) in [6.07, 6.45) is -9.40. The largest absolute Gasteiger partial charge is 0.490 e. The van der Waals surface area contributed by atoms with E-state index in [-0.39, 0.29) is 19.5 Å². The lowest BCUT2D eigenvalue weighted by atomic mass is 9.94. The smallest absolute Gasteiger partial charge is 0.416 e. The topological polar surface area (TPSA) is 49.8 Å². The maximum atomic E-state index is 14.9. The number of carbonyl (C=O) groups is 1. The molecule has 0 amide bonds. The number of nitrogens with zero attached hydrogens (tertiary/aromatic N) is 1. The van der Waals surface area contributed by atoms with Crippen LogP contribution in [0.1, 0.15) is 29.2 Å². The molecule has 1 atom stereocenters. The van der Waals surface area contributed by atoms with Crippen LogP contribution in [0.5, 0.6) is 5.75 Å². The van der Waals surface area contributed by atoms with Crippen molar-refractivity contribution in [3.05, 3.63) is 64.7 Å². The zero-order valence-electron chi connectivity index (χ0n) is 18.0. The molecule has 2 aromatic rings. The van der Waals surface area contributed by atoms with E-state index in [2.05, 4.69) is 0 Å². The summed E-state index contributed by atoms with van der Waals surface area (Å²) in [6, 6.07) is 7.69. The SMILES string of the molecule is CC(Cc1cccc(OCC2(F)CN(Cc3cc(C(F)(F)F)ccc3C(F)(F)F)C2)c1)C(=O)O. The second kappa shape index (κ2) is 9.44. The van der Waals surface area contributed by atoms with Gasteiger partial charge in [0.2, 0.25) is 0 Å². The average Bonchev–Trinajstić information content (AvgIpc) is 2.70. The van der Waals surface area contributed by atoms with E-state index in [1.165, 1.54) is 4.90 Å². The molecule has 1 aliphatic heterocycles. The molecule has 1 heterocycles. The van der Waals surface area contributed by atoms with Gasteiger partial charge in [-0.25, -0.2) is 4.39 Å². The number of carboxylic acids is 1. The van der Waals surface area contributed by atoms with Crippen LogP contribution < -0.4 is 4.74 Å². The number of alkyl halides is 7. The van der Waals surface area contributed by atoms with Gasteiger partial charge in [-0.05, 0) is 47.9 Å². The van der Waals surface area contributed by atoms with Crippen molar-refractivity contribution in [3.8, 4) is 5.75 Å². The number of aliphatic carboxylic acids is 1. The molecule has 34 heavy (non-hydrogen) atoms. The number of benzene rings is 2. The highest BCUT2D eigenvalue weighted by Gasteiger charge is 2.45. The van der Waals surface area contributed by atoms with Crippen molar-refractivity contribution in [1.29, 1.82) is 0 Å². The summed E-state index contributed by atoms with van der Waals surface area (Å²) in [5.41, 5.74) is -4.18. The molecule has 11 heteroatoms.